The average molecular weight is 416 g/mol. The van der Waals surface area contributed by atoms with E-state index in [9.17, 15) is 18.8 Å². The highest BCUT2D eigenvalue weighted by Gasteiger charge is 2.41. The summed E-state index contributed by atoms with van der Waals surface area (Å²) in [6, 6.07) is 5.91. The van der Waals surface area contributed by atoms with Crippen molar-refractivity contribution in [3.63, 3.8) is 0 Å². The Hall–Kier alpha value is -2.44. The Morgan fingerprint density at radius 1 is 1.20 bits per heavy atom. The molecule has 0 aromatic heterocycles. The predicted octanol–water partition coefficient (Wildman–Crippen LogP) is 2.77. The van der Waals surface area contributed by atoms with Gasteiger partial charge in [0.2, 0.25) is 17.7 Å². The van der Waals surface area contributed by atoms with Gasteiger partial charge in [-0.25, -0.2) is 4.39 Å². The quantitative estimate of drug-likeness (QED) is 0.776. The highest BCUT2D eigenvalue weighted by atomic mass is 19.1. The first-order chi connectivity index (χ1) is 14.4. The number of benzene rings is 1. The lowest BCUT2D eigenvalue weighted by Gasteiger charge is -2.44. The molecule has 2 aliphatic heterocycles. The maximum absolute atomic E-state index is 13.2. The number of carbonyl (C=O) groups is 3. The third kappa shape index (κ3) is 4.35. The van der Waals surface area contributed by atoms with E-state index in [2.05, 4.69) is 17.6 Å². The van der Waals surface area contributed by atoms with Crippen LogP contribution in [-0.2, 0) is 14.4 Å². The van der Waals surface area contributed by atoms with Gasteiger partial charge in [-0.3, -0.25) is 14.4 Å². The molecule has 0 bridgehead atoms. The van der Waals surface area contributed by atoms with Gasteiger partial charge in [-0.15, -0.1) is 0 Å². The second kappa shape index (κ2) is 8.74. The fourth-order valence-corrected chi connectivity index (χ4v) is 5.47. The third-order valence-electron chi connectivity index (χ3n) is 6.94. The number of carbonyl (C=O) groups excluding carboxylic acids is 3. The molecule has 3 amide bonds. The Bertz CT molecular complexity index is 812. The summed E-state index contributed by atoms with van der Waals surface area (Å²) in [5.41, 5.74) is 0.615. The number of amides is 3. The number of nitrogens with one attached hydrogen (secondary N) is 2. The second-order valence-corrected chi connectivity index (χ2v) is 8.99. The van der Waals surface area contributed by atoms with Crippen molar-refractivity contribution in [1.29, 1.82) is 0 Å². The van der Waals surface area contributed by atoms with Gasteiger partial charge in [-0.2, -0.15) is 0 Å². The van der Waals surface area contributed by atoms with E-state index in [1.54, 1.807) is 17.0 Å². The van der Waals surface area contributed by atoms with Crippen LogP contribution in [0.15, 0.2) is 24.3 Å². The van der Waals surface area contributed by atoms with Crippen molar-refractivity contribution >= 4 is 23.4 Å². The minimum absolute atomic E-state index is 0.0226. The minimum atomic E-state index is -0.408. The van der Waals surface area contributed by atoms with E-state index in [-0.39, 0.29) is 42.0 Å². The van der Waals surface area contributed by atoms with E-state index in [1.165, 1.54) is 12.1 Å². The van der Waals surface area contributed by atoms with Crippen molar-refractivity contribution in [2.24, 2.45) is 17.8 Å². The molecule has 5 unspecified atom stereocenters. The van der Waals surface area contributed by atoms with Crippen LogP contribution in [0.2, 0.25) is 0 Å². The Morgan fingerprint density at radius 2 is 1.97 bits per heavy atom. The fraction of sp³-hybridized carbons (Fsp3) is 0.609. The van der Waals surface area contributed by atoms with E-state index in [4.69, 9.17) is 0 Å². The standard InChI is InChI=1S/C23H30FN3O3/c1-2-3-14-10-21(28)26-20-12-17(6-9-19(14)20)25-23(30)15-11-22(29)27(13-15)18-7-4-16(24)5-8-18/h4-5,7-8,14-15,17,19-20H,2-3,6,9-13H2,1H3,(H,25,30)(H,26,28). The molecule has 5 atom stereocenters. The van der Waals surface area contributed by atoms with Gasteiger partial charge in [0.1, 0.15) is 5.82 Å². The van der Waals surface area contributed by atoms with Crippen LogP contribution < -0.4 is 15.5 Å². The molecule has 1 aliphatic carbocycles. The van der Waals surface area contributed by atoms with Gasteiger partial charge in [0.05, 0.1) is 5.92 Å². The molecule has 30 heavy (non-hydrogen) atoms. The Labute approximate surface area is 176 Å². The highest BCUT2D eigenvalue weighted by molar-refractivity contribution is 6.00. The zero-order valence-corrected chi connectivity index (χ0v) is 17.4. The van der Waals surface area contributed by atoms with Crippen LogP contribution in [0.4, 0.5) is 10.1 Å². The first-order valence-electron chi connectivity index (χ1n) is 11.1. The number of hydrogen-bond acceptors (Lipinski definition) is 3. The Morgan fingerprint density at radius 3 is 2.70 bits per heavy atom. The molecule has 3 fully saturated rings. The Balaban J connectivity index is 1.34. The summed E-state index contributed by atoms with van der Waals surface area (Å²) in [5, 5.41) is 6.26. The number of nitrogens with zero attached hydrogens (tertiary/aromatic N) is 1. The summed E-state index contributed by atoms with van der Waals surface area (Å²) in [6.45, 7) is 2.47. The third-order valence-corrected chi connectivity index (χ3v) is 6.94. The lowest BCUT2D eigenvalue weighted by Crippen LogP contribution is -2.55. The number of fused-ring (bicyclic) bond motifs is 1. The molecule has 2 heterocycles. The zero-order valence-electron chi connectivity index (χ0n) is 17.4. The lowest BCUT2D eigenvalue weighted by molar-refractivity contribution is -0.128. The molecule has 1 aromatic rings. The first-order valence-corrected chi connectivity index (χ1v) is 11.1. The summed E-state index contributed by atoms with van der Waals surface area (Å²) >= 11 is 0. The van der Waals surface area contributed by atoms with Gasteiger partial charge >= 0.3 is 0 Å². The molecule has 1 aromatic carbocycles. The summed E-state index contributed by atoms with van der Waals surface area (Å²) in [7, 11) is 0. The van der Waals surface area contributed by atoms with Crippen molar-refractivity contribution < 1.29 is 18.8 Å². The van der Waals surface area contributed by atoms with Crippen molar-refractivity contribution in [2.75, 3.05) is 11.4 Å². The molecule has 7 heteroatoms. The molecule has 6 nitrogen and oxygen atoms in total. The molecular weight excluding hydrogens is 385 g/mol. The number of rotatable bonds is 5. The molecule has 3 aliphatic rings. The van der Waals surface area contributed by atoms with E-state index in [0.29, 0.717) is 30.5 Å². The molecule has 0 radical (unpaired) electrons. The van der Waals surface area contributed by atoms with Gasteiger partial charge in [0.15, 0.2) is 0 Å². The Kier molecular flexibility index (Phi) is 6.06. The van der Waals surface area contributed by atoms with Gasteiger partial charge in [0, 0.05) is 37.2 Å². The van der Waals surface area contributed by atoms with Crippen molar-refractivity contribution in [3.8, 4) is 0 Å². The van der Waals surface area contributed by atoms with Crippen LogP contribution in [0.1, 0.15) is 51.9 Å². The van der Waals surface area contributed by atoms with Crippen LogP contribution >= 0.6 is 0 Å². The van der Waals surface area contributed by atoms with Crippen LogP contribution in [-0.4, -0.2) is 36.3 Å². The van der Waals surface area contributed by atoms with Crippen LogP contribution in [0.5, 0.6) is 0 Å². The van der Waals surface area contributed by atoms with Crippen LogP contribution in [0.25, 0.3) is 0 Å². The normalized spacial score (nSPS) is 31.3. The smallest absolute Gasteiger partial charge is 0.227 e. The molecule has 1 saturated carbocycles. The molecule has 0 spiro atoms. The van der Waals surface area contributed by atoms with Gasteiger partial charge in [0.25, 0.3) is 0 Å². The van der Waals surface area contributed by atoms with E-state index < -0.39 is 5.92 Å². The van der Waals surface area contributed by atoms with Crippen molar-refractivity contribution in [2.45, 2.75) is 64.0 Å². The summed E-state index contributed by atoms with van der Waals surface area (Å²) in [4.78, 5) is 38.9. The van der Waals surface area contributed by atoms with Crippen molar-refractivity contribution in [1.82, 2.24) is 10.6 Å². The fourth-order valence-electron chi connectivity index (χ4n) is 5.47. The largest absolute Gasteiger partial charge is 0.353 e. The SMILES string of the molecule is CCCC1CC(=O)NC2CC(NC(=O)C3CC(=O)N(c4ccc(F)cc4)C3)CCC12. The van der Waals surface area contributed by atoms with E-state index >= 15 is 0 Å². The van der Waals surface area contributed by atoms with Gasteiger partial charge in [-0.1, -0.05) is 13.3 Å². The predicted molar refractivity (Wildman–Crippen MR) is 111 cm³/mol. The summed E-state index contributed by atoms with van der Waals surface area (Å²) < 4.78 is 13.2. The summed E-state index contributed by atoms with van der Waals surface area (Å²) in [5.74, 6) is 0.0781. The molecule has 2 N–H and O–H groups in total. The summed E-state index contributed by atoms with van der Waals surface area (Å²) in [6.07, 6.45) is 5.62. The monoisotopic (exact) mass is 415 g/mol. The minimum Gasteiger partial charge on any atom is -0.353 e. The van der Waals surface area contributed by atoms with Gasteiger partial charge < -0.3 is 15.5 Å². The van der Waals surface area contributed by atoms with Crippen LogP contribution in [0.3, 0.4) is 0 Å². The molecular formula is C23H30FN3O3. The van der Waals surface area contributed by atoms with Crippen LogP contribution in [0, 0.1) is 23.6 Å². The van der Waals surface area contributed by atoms with Gasteiger partial charge in [-0.05, 0) is 61.8 Å². The molecule has 4 rings (SSSR count). The lowest BCUT2D eigenvalue weighted by atomic mass is 9.70. The zero-order chi connectivity index (χ0) is 21.3. The van der Waals surface area contributed by atoms with E-state index in [0.717, 1.165) is 32.1 Å². The average Bonchev–Trinajstić information content (AvgIpc) is 3.10. The second-order valence-electron chi connectivity index (χ2n) is 8.99. The highest BCUT2D eigenvalue weighted by Crippen LogP contribution is 2.38. The maximum Gasteiger partial charge on any atom is 0.227 e. The van der Waals surface area contributed by atoms with Crippen molar-refractivity contribution in [3.05, 3.63) is 30.1 Å². The number of halogens is 1. The number of anilines is 1. The topological polar surface area (TPSA) is 78.5 Å². The molecule has 162 valence electrons. The maximum atomic E-state index is 13.2. The number of hydrogen-bond donors (Lipinski definition) is 2. The molecule has 2 saturated heterocycles. The van der Waals surface area contributed by atoms with E-state index in [1.807, 2.05) is 0 Å². The first kappa shape index (κ1) is 20.8. The number of piperidine rings is 1.